The van der Waals surface area contributed by atoms with Crippen LogP contribution in [0.5, 0.6) is 11.5 Å². The average molecular weight is 620 g/mol. The molecule has 2 aromatic rings. The zero-order chi connectivity index (χ0) is 25.3. The summed E-state index contributed by atoms with van der Waals surface area (Å²) in [5.74, 6) is 0.604. The van der Waals surface area contributed by atoms with Crippen molar-refractivity contribution in [2.75, 3.05) is 39.3 Å². The molecule has 0 aromatic heterocycles. The first-order chi connectivity index (χ1) is 17.5. The van der Waals surface area contributed by atoms with Crippen LogP contribution in [-0.4, -0.2) is 71.7 Å². The van der Waals surface area contributed by atoms with Gasteiger partial charge in [0.25, 0.3) is 0 Å². The van der Waals surface area contributed by atoms with Crippen molar-refractivity contribution in [2.45, 2.75) is 51.6 Å². The van der Waals surface area contributed by atoms with Crippen LogP contribution in [0.3, 0.4) is 0 Å². The van der Waals surface area contributed by atoms with E-state index in [-0.39, 0.29) is 0 Å². The van der Waals surface area contributed by atoms with Crippen molar-refractivity contribution in [3.05, 3.63) is 55.5 Å². The maximum absolute atomic E-state index is 10.8. The molecule has 2 aliphatic rings. The van der Waals surface area contributed by atoms with Crippen LogP contribution < -0.4 is 0 Å². The minimum Gasteiger partial charge on any atom is -0.507 e. The summed E-state index contributed by atoms with van der Waals surface area (Å²) >= 11 is 7.15. The smallest absolute Gasteiger partial charge is 0.128 e. The second-order valence-electron chi connectivity index (χ2n) is 9.75. The summed E-state index contributed by atoms with van der Waals surface area (Å²) in [6.07, 6.45) is 10.9. The Labute approximate surface area is 231 Å². The van der Waals surface area contributed by atoms with Crippen LogP contribution in [0.2, 0.25) is 0 Å². The topological polar surface area (TPSA) is 71.7 Å². The van der Waals surface area contributed by atoms with Gasteiger partial charge >= 0.3 is 0 Å². The second-order valence-corrected chi connectivity index (χ2v) is 11.6. The van der Waals surface area contributed by atoms with E-state index in [4.69, 9.17) is 0 Å². The molecular weight excluding hydrogens is 584 g/mol. The van der Waals surface area contributed by atoms with E-state index in [1.165, 1.54) is 38.5 Å². The van der Waals surface area contributed by atoms with Crippen LogP contribution in [0.1, 0.15) is 60.8 Å². The number of hydrogen-bond donors (Lipinski definition) is 2. The third-order valence-corrected chi connectivity index (χ3v) is 7.79. The summed E-state index contributed by atoms with van der Waals surface area (Å²) in [4.78, 5) is 13.8. The fourth-order valence-electron chi connectivity index (χ4n) is 4.95. The predicted octanol–water partition coefficient (Wildman–Crippen LogP) is 6.13. The number of nitrogens with zero attached hydrogens (tertiary/aromatic N) is 4. The maximum atomic E-state index is 10.8. The zero-order valence-electron chi connectivity index (χ0n) is 20.8. The number of rotatable bonds is 9. The van der Waals surface area contributed by atoms with Crippen molar-refractivity contribution in [2.24, 2.45) is 9.98 Å². The third-order valence-electron chi connectivity index (χ3n) is 6.87. The highest BCUT2D eigenvalue weighted by Gasteiger charge is 2.16. The first-order valence-corrected chi connectivity index (χ1v) is 14.6. The van der Waals surface area contributed by atoms with Crippen LogP contribution in [-0.2, 0) is 13.1 Å². The normalized spacial score (nSPS) is 17.9. The lowest BCUT2D eigenvalue weighted by Crippen LogP contribution is -2.29. The lowest BCUT2D eigenvalue weighted by atomic mass is 10.1. The van der Waals surface area contributed by atoms with Crippen molar-refractivity contribution < 1.29 is 10.2 Å². The molecule has 0 atom stereocenters. The highest BCUT2D eigenvalue weighted by Crippen LogP contribution is 2.29. The van der Waals surface area contributed by atoms with Gasteiger partial charge in [-0.3, -0.25) is 19.8 Å². The molecule has 2 aliphatic heterocycles. The van der Waals surface area contributed by atoms with Gasteiger partial charge in [0.05, 0.1) is 13.1 Å². The number of aliphatic imine (C=N–C) groups is 2. The van der Waals surface area contributed by atoms with Crippen LogP contribution in [0, 0.1) is 0 Å². The molecule has 0 radical (unpaired) electrons. The summed E-state index contributed by atoms with van der Waals surface area (Å²) in [6.45, 7) is 6.85. The molecule has 0 bridgehead atoms. The Bertz CT molecular complexity index is 992. The average Bonchev–Trinajstić information content (AvgIpc) is 2.87. The molecule has 2 N–H and O–H groups in total. The monoisotopic (exact) mass is 618 g/mol. The zero-order valence-corrected chi connectivity index (χ0v) is 24.0. The van der Waals surface area contributed by atoms with Gasteiger partial charge in [0.1, 0.15) is 11.5 Å². The van der Waals surface area contributed by atoms with E-state index in [9.17, 15) is 10.2 Å². The maximum Gasteiger partial charge on any atom is 0.128 e. The van der Waals surface area contributed by atoms with E-state index in [1.807, 2.05) is 24.3 Å². The van der Waals surface area contributed by atoms with E-state index in [1.54, 1.807) is 12.4 Å². The summed E-state index contributed by atoms with van der Waals surface area (Å²) in [5.41, 5.74) is 3.28. The molecule has 4 rings (SSSR count). The molecule has 36 heavy (non-hydrogen) atoms. The Morgan fingerprint density at radius 3 is 1.42 bits per heavy atom. The molecule has 194 valence electrons. The van der Waals surface area contributed by atoms with Gasteiger partial charge in [-0.25, -0.2) is 0 Å². The van der Waals surface area contributed by atoms with E-state index >= 15 is 0 Å². The summed E-state index contributed by atoms with van der Waals surface area (Å²) < 4.78 is 1.88. The molecule has 0 aliphatic carbocycles. The number of aromatic hydroxyl groups is 2. The second kappa shape index (κ2) is 13.7. The SMILES string of the molecule is Oc1c(C=NCCN=Cc2cc(Br)cc(CN3CCCCC3)c2O)cc(Br)cc1CN1CCCCC1. The molecule has 6 nitrogen and oxygen atoms in total. The van der Waals surface area contributed by atoms with Crippen molar-refractivity contribution in [3.8, 4) is 11.5 Å². The summed E-state index contributed by atoms with van der Waals surface area (Å²) in [7, 11) is 0. The van der Waals surface area contributed by atoms with E-state index in [2.05, 4.69) is 51.6 Å². The van der Waals surface area contributed by atoms with Gasteiger partial charge in [0.2, 0.25) is 0 Å². The van der Waals surface area contributed by atoms with Gasteiger partial charge in [-0.15, -0.1) is 0 Å². The van der Waals surface area contributed by atoms with E-state index in [0.717, 1.165) is 59.3 Å². The molecule has 2 heterocycles. The predicted molar refractivity (Wildman–Crippen MR) is 155 cm³/mol. The molecule has 0 spiro atoms. The highest BCUT2D eigenvalue weighted by molar-refractivity contribution is 9.10. The number of hydrogen-bond acceptors (Lipinski definition) is 6. The fourth-order valence-corrected chi connectivity index (χ4v) is 6.00. The molecule has 2 saturated heterocycles. The number of likely N-dealkylation sites (tertiary alicyclic amines) is 2. The van der Waals surface area contributed by atoms with Gasteiger partial charge in [-0.1, -0.05) is 44.7 Å². The van der Waals surface area contributed by atoms with Crippen molar-refractivity contribution in [1.29, 1.82) is 0 Å². The molecule has 8 heteroatoms. The number of benzene rings is 2. The van der Waals surface area contributed by atoms with Crippen LogP contribution in [0.25, 0.3) is 0 Å². The molecule has 2 aromatic carbocycles. The number of phenols is 2. The summed E-state index contributed by atoms with van der Waals surface area (Å²) in [6, 6.07) is 7.78. The van der Waals surface area contributed by atoms with Crippen LogP contribution >= 0.6 is 31.9 Å². The number of halogens is 2. The van der Waals surface area contributed by atoms with Gasteiger partial charge in [0, 0.05) is 56.7 Å². The summed E-state index contributed by atoms with van der Waals surface area (Å²) in [5, 5.41) is 21.6. The molecule has 0 saturated carbocycles. The Morgan fingerprint density at radius 1 is 0.639 bits per heavy atom. The van der Waals surface area contributed by atoms with E-state index < -0.39 is 0 Å². The number of phenolic OH excluding ortho intramolecular Hbond substituents is 2. The lowest BCUT2D eigenvalue weighted by Gasteiger charge is -2.27. The molecule has 0 amide bonds. The first-order valence-electron chi connectivity index (χ1n) is 13.0. The lowest BCUT2D eigenvalue weighted by molar-refractivity contribution is 0.218. The molecule has 0 unspecified atom stereocenters. The fraction of sp³-hybridized carbons (Fsp3) is 0.500. The van der Waals surface area contributed by atoms with Crippen molar-refractivity contribution in [3.63, 3.8) is 0 Å². The standard InChI is InChI=1S/C28H36Br2N4O2/c29-25-13-21(27(35)23(15-25)19-33-9-3-1-4-10-33)17-31-7-8-32-18-22-14-26(30)16-24(28(22)36)20-34-11-5-2-6-12-34/h13-18,35-36H,1-12,19-20H2. The Morgan fingerprint density at radius 2 is 1.03 bits per heavy atom. The molecule has 2 fully saturated rings. The third kappa shape index (κ3) is 7.88. The molecular formula is C28H36Br2N4O2. The largest absolute Gasteiger partial charge is 0.507 e. The van der Waals surface area contributed by atoms with Gasteiger partial charge in [-0.2, -0.15) is 0 Å². The highest BCUT2D eigenvalue weighted by atomic mass is 79.9. The quantitative estimate of drug-likeness (QED) is 0.262. The Hall–Kier alpha value is -1.74. The van der Waals surface area contributed by atoms with Gasteiger partial charge in [-0.05, 0) is 76.1 Å². The van der Waals surface area contributed by atoms with Crippen LogP contribution in [0.15, 0.2) is 43.2 Å². The Kier molecular flexibility index (Phi) is 10.4. The van der Waals surface area contributed by atoms with Gasteiger partial charge < -0.3 is 10.2 Å². The van der Waals surface area contributed by atoms with Gasteiger partial charge in [0.15, 0.2) is 0 Å². The minimum absolute atomic E-state index is 0.302. The Balaban J connectivity index is 1.33. The van der Waals surface area contributed by atoms with E-state index in [0.29, 0.717) is 35.7 Å². The van der Waals surface area contributed by atoms with Crippen LogP contribution in [0.4, 0.5) is 0 Å². The minimum atomic E-state index is 0.302. The van der Waals surface area contributed by atoms with Crippen molar-refractivity contribution in [1.82, 2.24) is 9.80 Å². The number of piperidine rings is 2. The first kappa shape index (κ1) is 27.3. The van der Waals surface area contributed by atoms with Crippen molar-refractivity contribution >= 4 is 44.3 Å².